The van der Waals surface area contributed by atoms with Crippen LogP contribution < -0.4 is 5.73 Å². The number of benzene rings is 1. The number of nitrogens with one attached hydrogen (secondary N) is 1. The largest absolute Gasteiger partial charge is 0.383 e. The van der Waals surface area contributed by atoms with Crippen LogP contribution in [0.2, 0.25) is 0 Å². The molecule has 0 aliphatic rings. The van der Waals surface area contributed by atoms with Gasteiger partial charge >= 0.3 is 0 Å². The molecule has 0 radical (unpaired) electrons. The molecule has 6 heteroatoms. The maximum absolute atomic E-state index is 13.0. The lowest BCUT2D eigenvalue weighted by atomic mass is 9.91. The monoisotopic (exact) mass is 287 g/mol. The fourth-order valence-corrected chi connectivity index (χ4v) is 2.38. The molecule has 3 rings (SSSR count). The molecule has 0 bridgehead atoms. The lowest BCUT2D eigenvalue weighted by Crippen LogP contribution is -2.14. The predicted octanol–water partition coefficient (Wildman–Crippen LogP) is 2.83. The Bertz CT molecular complexity index is 777. The molecular weight excluding hydrogens is 269 g/mol. The number of hydrogen-bond acceptors (Lipinski definition) is 3. The van der Waals surface area contributed by atoms with Crippen LogP contribution in [-0.4, -0.2) is 20.0 Å². The molecular formula is C15H18FN5. The second-order valence-corrected chi connectivity index (χ2v) is 6.22. The van der Waals surface area contributed by atoms with E-state index in [1.807, 2.05) is 0 Å². The van der Waals surface area contributed by atoms with Crippen LogP contribution in [0.1, 0.15) is 32.0 Å². The van der Waals surface area contributed by atoms with E-state index in [0.29, 0.717) is 12.4 Å². The van der Waals surface area contributed by atoms with Gasteiger partial charge < -0.3 is 5.73 Å². The van der Waals surface area contributed by atoms with Gasteiger partial charge in [0.1, 0.15) is 11.6 Å². The van der Waals surface area contributed by atoms with Gasteiger partial charge in [-0.2, -0.15) is 10.2 Å². The summed E-state index contributed by atoms with van der Waals surface area (Å²) in [4.78, 5) is 0. The number of nitrogens with two attached hydrogens (primary N) is 1. The summed E-state index contributed by atoms with van der Waals surface area (Å²) in [7, 11) is 0. The van der Waals surface area contributed by atoms with Crippen LogP contribution in [0.15, 0.2) is 24.3 Å². The molecule has 0 aliphatic carbocycles. The van der Waals surface area contributed by atoms with Crippen LogP contribution in [0.3, 0.4) is 0 Å². The molecule has 0 fully saturated rings. The van der Waals surface area contributed by atoms with Crippen LogP contribution in [-0.2, 0) is 12.0 Å². The molecule has 0 atom stereocenters. The van der Waals surface area contributed by atoms with E-state index in [0.717, 1.165) is 22.3 Å². The van der Waals surface area contributed by atoms with E-state index >= 15 is 0 Å². The van der Waals surface area contributed by atoms with Crippen LogP contribution in [0.4, 0.5) is 10.2 Å². The van der Waals surface area contributed by atoms with Gasteiger partial charge in [0, 0.05) is 5.41 Å². The molecule has 3 N–H and O–H groups in total. The van der Waals surface area contributed by atoms with Crippen molar-refractivity contribution in [3.8, 4) is 0 Å². The fraction of sp³-hybridized carbons (Fsp3) is 0.333. The number of aromatic amines is 1. The van der Waals surface area contributed by atoms with E-state index in [1.165, 1.54) is 12.1 Å². The van der Waals surface area contributed by atoms with Crippen molar-refractivity contribution in [2.45, 2.75) is 32.7 Å². The molecule has 1 aromatic carbocycles. The number of hydrogen-bond donors (Lipinski definition) is 2. The number of rotatable bonds is 2. The second-order valence-electron chi connectivity index (χ2n) is 6.22. The van der Waals surface area contributed by atoms with Crippen molar-refractivity contribution < 1.29 is 4.39 Å². The Labute approximate surface area is 122 Å². The Kier molecular flexibility index (Phi) is 2.97. The third-order valence-electron chi connectivity index (χ3n) is 3.43. The van der Waals surface area contributed by atoms with Gasteiger partial charge in [0.15, 0.2) is 5.65 Å². The summed E-state index contributed by atoms with van der Waals surface area (Å²) in [6.45, 7) is 6.79. The van der Waals surface area contributed by atoms with E-state index in [1.54, 1.807) is 16.8 Å². The first-order valence-electron chi connectivity index (χ1n) is 6.81. The highest BCUT2D eigenvalue weighted by Crippen LogP contribution is 2.31. The highest BCUT2D eigenvalue weighted by molar-refractivity contribution is 5.89. The molecule has 5 nitrogen and oxygen atoms in total. The average molecular weight is 287 g/mol. The van der Waals surface area contributed by atoms with Crippen molar-refractivity contribution in [2.75, 3.05) is 5.73 Å². The topological polar surface area (TPSA) is 72.5 Å². The number of aromatic nitrogens is 4. The maximum Gasteiger partial charge on any atom is 0.182 e. The minimum atomic E-state index is -0.247. The predicted molar refractivity (Wildman–Crippen MR) is 80.5 cm³/mol. The molecule has 21 heavy (non-hydrogen) atoms. The Morgan fingerprint density at radius 2 is 1.90 bits per heavy atom. The van der Waals surface area contributed by atoms with Gasteiger partial charge in [0.2, 0.25) is 0 Å². The quantitative estimate of drug-likeness (QED) is 0.761. The molecule has 0 amide bonds. The van der Waals surface area contributed by atoms with Crippen LogP contribution >= 0.6 is 0 Å². The zero-order valence-corrected chi connectivity index (χ0v) is 12.3. The number of nitrogen functional groups attached to an aromatic ring is 1. The fourth-order valence-electron chi connectivity index (χ4n) is 2.38. The third kappa shape index (κ3) is 2.37. The lowest BCUT2D eigenvalue weighted by Gasteiger charge is -2.15. The SMILES string of the molecule is CC(C)(C)c1nn(Cc2ccc(F)cc2)c2n[nH]c(N)c12. The summed E-state index contributed by atoms with van der Waals surface area (Å²) in [6.07, 6.45) is 0. The van der Waals surface area contributed by atoms with Gasteiger partial charge in [-0.3, -0.25) is 5.10 Å². The van der Waals surface area contributed by atoms with E-state index < -0.39 is 0 Å². The highest BCUT2D eigenvalue weighted by atomic mass is 19.1. The van der Waals surface area contributed by atoms with Crippen molar-refractivity contribution in [3.63, 3.8) is 0 Å². The van der Waals surface area contributed by atoms with Crippen LogP contribution in [0.25, 0.3) is 11.0 Å². The number of anilines is 1. The molecule has 110 valence electrons. The molecule has 2 aromatic heterocycles. The van der Waals surface area contributed by atoms with Crippen molar-refractivity contribution in [1.82, 2.24) is 20.0 Å². The summed E-state index contributed by atoms with van der Waals surface area (Å²) in [6, 6.07) is 6.38. The van der Waals surface area contributed by atoms with Gasteiger partial charge in [0.25, 0.3) is 0 Å². The first-order chi connectivity index (χ1) is 9.86. The first-order valence-corrected chi connectivity index (χ1v) is 6.81. The average Bonchev–Trinajstić information content (AvgIpc) is 2.94. The summed E-state index contributed by atoms with van der Waals surface area (Å²) < 4.78 is 14.8. The van der Waals surface area contributed by atoms with Gasteiger partial charge in [-0.25, -0.2) is 9.07 Å². The lowest BCUT2D eigenvalue weighted by molar-refractivity contribution is 0.549. The number of fused-ring (bicyclic) bond motifs is 1. The molecule has 0 saturated carbocycles. The second kappa shape index (κ2) is 4.58. The molecule has 0 spiro atoms. The van der Waals surface area contributed by atoms with Crippen molar-refractivity contribution >= 4 is 16.9 Å². The zero-order chi connectivity index (χ0) is 15.2. The van der Waals surface area contributed by atoms with Crippen molar-refractivity contribution in [3.05, 3.63) is 41.3 Å². The Hall–Kier alpha value is -2.37. The van der Waals surface area contributed by atoms with Gasteiger partial charge in [-0.1, -0.05) is 32.9 Å². The van der Waals surface area contributed by atoms with Crippen molar-refractivity contribution in [2.24, 2.45) is 0 Å². The van der Waals surface area contributed by atoms with Gasteiger partial charge in [0.05, 0.1) is 17.6 Å². The molecule has 2 heterocycles. The minimum absolute atomic E-state index is 0.135. The number of H-pyrrole nitrogens is 1. The maximum atomic E-state index is 13.0. The Morgan fingerprint density at radius 1 is 1.24 bits per heavy atom. The number of nitrogens with zero attached hydrogens (tertiary/aromatic N) is 3. The minimum Gasteiger partial charge on any atom is -0.383 e. The normalized spacial score (nSPS) is 12.2. The molecule has 0 unspecified atom stereocenters. The standard InChI is InChI=1S/C15H18FN5/c1-15(2,3)12-11-13(17)18-19-14(11)21(20-12)8-9-4-6-10(16)7-5-9/h4-7H,8H2,1-3H3,(H3,17,18,19). The van der Waals surface area contributed by atoms with E-state index in [9.17, 15) is 4.39 Å². The Morgan fingerprint density at radius 3 is 2.52 bits per heavy atom. The summed E-state index contributed by atoms with van der Waals surface area (Å²) in [5.74, 6) is 0.282. The number of halogens is 1. The van der Waals surface area contributed by atoms with E-state index in [2.05, 4.69) is 36.1 Å². The highest BCUT2D eigenvalue weighted by Gasteiger charge is 2.25. The van der Waals surface area contributed by atoms with Gasteiger partial charge in [-0.15, -0.1) is 0 Å². The summed E-state index contributed by atoms with van der Waals surface area (Å²) in [5, 5.41) is 12.6. The van der Waals surface area contributed by atoms with E-state index in [4.69, 9.17) is 5.73 Å². The Balaban J connectivity index is 2.09. The first kappa shape index (κ1) is 13.6. The van der Waals surface area contributed by atoms with E-state index in [-0.39, 0.29) is 11.2 Å². The van der Waals surface area contributed by atoms with Crippen LogP contribution in [0, 0.1) is 5.82 Å². The molecule has 0 saturated heterocycles. The summed E-state index contributed by atoms with van der Waals surface area (Å²) >= 11 is 0. The zero-order valence-electron chi connectivity index (χ0n) is 12.3. The molecule has 0 aliphatic heterocycles. The third-order valence-corrected chi connectivity index (χ3v) is 3.43. The van der Waals surface area contributed by atoms with Crippen LogP contribution in [0.5, 0.6) is 0 Å². The molecule has 3 aromatic rings. The van der Waals surface area contributed by atoms with Crippen molar-refractivity contribution in [1.29, 1.82) is 0 Å². The van der Waals surface area contributed by atoms with Gasteiger partial charge in [-0.05, 0) is 17.7 Å². The summed E-state index contributed by atoms with van der Waals surface area (Å²) in [5.41, 5.74) is 8.44. The smallest absolute Gasteiger partial charge is 0.182 e.